The van der Waals surface area contributed by atoms with Crippen molar-refractivity contribution < 1.29 is 9.18 Å². The normalized spacial score (nSPS) is 20.4. The van der Waals surface area contributed by atoms with Crippen molar-refractivity contribution in [2.24, 2.45) is 5.92 Å². The molecule has 1 saturated carbocycles. The van der Waals surface area contributed by atoms with E-state index in [-0.39, 0.29) is 17.8 Å². The SMILES string of the molecule is Cc1ncncc1C(=O)N[C@@H]1CCC[C@@H]1Cc1ccc(F)cc1. The highest BCUT2D eigenvalue weighted by Gasteiger charge is 2.29. The van der Waals surface area contributed by atoms with Crippen LogP contribution in [0.4, 0.5) is 4.39 Å². The number of nitrogens with one attached hydrogen (secondary N) is 1. The Labute approximate surface area is 135 Å². The molecule has 1 N–H and O–H groups in total. The van der Waals surface area contributed by atoms with Gasteiger partial charge in [0, 0.05) is 12.2 Å². The quantitative estimate of drug-likeness (QED) is 0.944. The lowest BCUT2D eigenvalue weighted by atomic mass is 9.94. The molecule has 1 aliphatic carbocycles. The molecular formula is C18H20FN3O. The summed E-state index contributed by atoms with van der Waals surface area (Å²) in [6.45, 7) is 1.81. The van der Waals surface area contributed by atoms with Crippen LogP contribution in [0, 0.1) is 18.7 Å². The van der Waals surface area contributed by atoms with Gasteiger partial charge >= 0.3 is 0 Å². The number of aromatic nitrogens is 2. The highest BCUT2D eigenvalue weighted by atomic mass is 19.1. The predicted octanol–water partition coefficient (Wildman–Crippen LogP) is 3.07. The number of hydrogen-bond donors (Lipinski definition) is 1. The summed E-state index contributed by atoms with van der Waals surface area (Å²) in [6, 6.07) is 6.77. The lowest BCUT2D eigenvalue weighted by Gasteiger charge is -2.21. The van der Waals surface area contributed by atoms with Gasteiger partial charge in [0.25, 0.3) is 5.91 Å². The molecule has 5 heteroatoms. The number of hydrogen-bond acceptors (Lipinski definition) is 3. The van der Waals surface area contributed by atoms with Crippen LogP contribution in [0.5, 0.6) is 0 Å². The first-order chi connectivity index (χ1) is 11.1. The summed E-state index contributed by atoms with van der Waals surface area (Å²) in [4.78, 5) is 20.4. The van der Waals surface area contributed by atoms with Crippen molar-refractivity contribution in [2.75, 3.05) is 0 Å². The number of nitrogens with zero attached hydrogens (tertiary/aromatic N) is 2. The lowest BCUT2D eigenvalue weighted by molar-refractivity contribution is 0.0926. The minimum Gasteiger partial charge on any atom is -0.349 e. The average molecular weight is 313 g/mol. The molecule has 120 valence electrons. The third-order valence-corrected chi connectivity index (χ3v) is 4.54. The molecule has 3 rings (SSSR count). The highest BCUT2D eigenvalue weighted by Crippen LogP contribution is 2.29. The standard InChI is InChI=1S/C18H20FN3O/c1-12-16(10-20-11-21-12)18(23)22-17-4-2-3-14(17)9-13-5-7-15(19)8-6-13/h5-8,10-11,14,17H,2-4,9H2,1H3,(H,22,23)/t14-,17-/m1/s1. The zero-order chi connectivity index (χ0) is 16.2. The summed E-state index contributed by atoms with van der Waals surface area (Å²) in [5, 5.41) is 3.12. The second-order valence-corrected chi connectivity index (χ2v) is 6.12. The Morgan fingerprint density at radius 1 is 1.30 bits per heavy atom. The fourth-order valence-corrected chi connectivity index (χ4v) is 3.25. The maximum absolute atomic E-state index is 13.0. The fourth-order valence-electron chi connectivity index (χ4n) is 3.25. The van der Waals surface area contributed by atoms with Gasteiger partial charge in [-0.15, -0.1) is 0 Å². The molecule has 2 aromatic rings. The van der Waals surface area contributed by atoms with Gasteiger partial charge in [0.2, 0.25) is 0 Å². The van der Waals surface area contributed by atoms with Gasteiger partial charge in [0.15, 0.2) is 0 Å². The van der Waals surface area contributed by atoms with Crippen LogP contribution in [0.2, 0.25) is 0 Å². The summed E-state index contributed by atoms with van der Waals surface area (Å²) >= 11 is 0. The molecule has 1 aliphatic rings. The molecule has 2 atom stereocenters. The van der Waals surface area contributed by atoms with E-state index < -0.39 is 0 Å². The van der Waals surface area contributed by atoms with Gasteiger partial charge in [-0.1, -0.05) is 18.6 Å². The van der Waals surface area contributed by atoms with Crippen LogP contribution in [0.25, 0.3) is 0 Å². The van der Waals surface area contributed by atoms with E-state index in [1.54, 1.807) is 13.1 Å². The Morgan fingerprint density at radius 3 is 2.83 bits per heavy atom. The fraction of sp³-hybridized carbons (Fsp3) is 0.389. The van der Waals surface area contributed by atoms with Gasteiger partial charge < -0.3 is 5.32 Å². The molecule has 0 spiro atoms. The first kappa shape index (κ1) is 15.6. The van der Waals surface area contributed by atoms with Gasteiger partial charge in [-0.3, -0.25) is 4.79 Å². The zero-order valence-electron chi connectivity index (χ0n) is 13.1. The van der Waals surface area contributed by atoms with E-state index in [0.717, 1.165) is 31.2 Å². The van der Waals surface area contributed by atoms with Crippen molar-refractivity contribution >= 4 is 5.91 Å². The summed E-state index contributed by atoms with van der Waals surface area (Å²) in [5.74, 6) is 0.0537. The lowest BCUT2D eigenvalue weighted by Crippen LogP contribution is -2.38. The molecule has 0 aliphatic heterocycles. The van der Waals surface area contributed by atoms with E-state index in [9.17, 15) is 9.18 Å². The van der Waals surface area contributed by atoms with Crippen molar-refractivity contribution in [1.29, 1.82) is 0 Å². The third-order valence-electron chi connectivity index (χ3n) is 4.54. The van der Waals surface area contributed by atoms with Crippen molar-refractivity contribution in [3.05, 3.63) is 59.4 Å². The molecule has 0 saturated heterocycles. The van der Waals surface area contributed by atoms with E-state index in [1.165, 1.54) is 18.5 Å². The van der Waals surface area contributed by atoms with Gasteiger partial charge in [0.1, 0.15) is 12.1 Å². The number of rotatable bonds is 4. The molecule has 1 aromatic heterocycles. The van der Waals surface area contributed by atoms with Crippen LogP contribution in [0.15, 0.2) is 36.8 Å². The van der Waals surface area contributed by atoms with Crippen molar-refractivity contribution in [2.45, 2.75) is 38.6 Å². The number of carbonyl (C=O) groups is 1. The Kier molecular flexibility index (Phi) is 4.65. The largest absolute Gasteiger partial charge is 0.349 e. The van der Waals surface area contributed by atoms with Crippen LogP contribution in [-0.4, -0.2) is 21.9 Å². The Morgan fingerprint density at radius 2 is 2.09 bits per heavy atom. The molecule has 1 aromatic carbocycles. The van der Waals surface area contributed by atoms with Crippen molar-refractivity contribution in [3.63, 3.8) is 0 Å². The van der Waals surface area contributed by atoms with E-state index in [2.05, 4.69) is 15.3 Å². The molecule has 0 bridgehead atoms. The van der Waals surface area contributed by atoms with E-state index in [1.807, 2.05) is 12.1 Å². The average Bonchev–Trinajstić information content (AvgIpc) is 2.97. The zero-order valence-corrected chi connectivity index (χ0v) is 13.1. The minimum atomic E-state index is -0.218. The maximum Gasteiger partial charge on any atom is 0.254 e. The van der Waals surface area contributed by atoms with Crippen molar-refractivity contribution in [3.8, 4) is 0 Å². The summed E-state index contributed by atoms with van der Waals surface area (Å²) < 4.78 is 13.0. The van der Waals surface area contributed by atoms with E-state index in [0.29, 0.717) is 17.2 Å². The van der Waals surface area contributed by atoms with Gasteiger partial charge in [-0.25, -0.2) is 14.4 Å². The van der Waals surface area contributed by atoms with Crippen LogP contribution in [0.3, 0.4) is 0 Å². The Bertz CT molecular complexity index is 687. The molecule has 0 radical (unpaired) electrons. The molecular weight excluding hydrogens is 293 g/mol. The first-order valence-electron chi connectivity index (χ1n) is 7.95. The Balaban J connectivity index is 1.66. The van der Waals surface area contributed by atoms with E-state index in [4.69, 9.17) is 0 Å². The van der Waals surface area contributed by atoms with Gasteiger partial charge in [0.05, 0.1) is 11.3 Å². The molecule has 4 nitrogen and oxygen atoms in total. The molecule has 0 unspecified atom stereocenters. The summed E-state index contributed by atoms with van der Waals surface area (Å²) in [7, 11) is 0. The maximum atomic E-state index is 13.0. The smallest absolute Gasteiger partial charge is 0.254 e. The van der Waals surface area contributed by atoms with E-state index >= 15 is 0 Å². The molecule has 23 heavy (non-hydrogen) atoms. The third kappa shape index (κ3) is 3.73. The molecule has 1 amide bonds. The second kappa shape index (κ2) is 6.86. The summed E-state index contributed by atoms with van der Waals surface area (Å²) in [6.07, 6.45) is 7.01. The molecule has 1 heterocycles. The van der Waals surface area contributed by atoms with Gasteiger partial charge in [-0.2, -0.15) is 0 Å². The number of carbonyl (C=O) groups excluding carboxylic acids is 1. The van der Waals surface area contributed by atoms with Crippen molar-refractivity contribution in [1.82, 2.24) is 15.3 Å². The van der Waals surface area contributed by atoms with Crippen LogP contribution in [0.1, 0.15) is 40.9 Å². The number of amides is 1. The van der Waals surface area contributed by atoms with Crippen LogP contribution < -0.4 is 5.32 Å². The monoisotopic (exact) mass is 313 g/mol. The minimum absolute atomic E-state index is 0.112. The topological polar surface area (TPSA) is 54.9 Å². The number of benzene rings is 1. The highest BCUT2D eigenvalue weighted by molar-refractivity contribution is 5.95. The number of halogens is 1. The Hall–Kier alpha value is -2.30. The first-order valence-corrected chi connectivity index (χ1v) is 7.95. The summed E-state index contributed by atoms with van der Waals surface area (Å²) in [5.41, 5.74) is 2.32. The van der Waals surface area contributed by atoms with Gasteiger partial charge in [-0.05, 0) is 49.8 Å². The number of aryl methyl sites for hydroxylation is 1. The molecule has 1 fully saturated rings. The predicted molar refractivity (Wildman–Crippen MR) is 85.5 cm³/mol. The van der Waals surface area contributed by atoms with Crippen LogP contribution >= 0.6 is 0 Å². The second-order valence-electron chi connectivity index (χ2n) is 6.12. The van der Waals surface area contributed by atoms with Crippen LogP contribution in [-0.2, 0) is 6.42 Å².